The fraction of sp³-hybridized carbons (Fsp3) is 0.300. The zero-order chi connectivity index (χ0) is 9.42. The Bertz CT molecular complexity index is 360. The van der Waals surface area contributed by atoms with Crippen molar-refractivity contribution in [1.29, 1.82) is 0 Å². The van der Waals surface area contributed by atoms with Crippen LogP contribution in [-0.4, -0.2) is 12.9 Å². The summed E-state index contributed by atoms with van der Waals surface area (Å²) in [5.41, 5.74) is 7.38. The Labute approximate surface area is 76.5 Å². The molecular formula is C10H11NO2. The van der Waals surface area contributed by atoms with Crippen LogP contribution in [0.2, 0.25) is 0 Å². The molecule has 3 heteroatoms. The fourth-order valence-corrected chi connectivity index (χ4v) is 1.76. The van der Waals surface area contributed by atoms with Gasteiger partial charge in [0.1, 0.15) is 5.75 Å². The van der Waals surface area contributed by atoms with E-state index < -0.39 is 0 Å². The van der Waals surface area contributed by atoms with Gasteiger partial charge in [-0.2, -0.15) is 0 Å². The van der Waals surface area contributed by atoms with Gasteiger partial charge < -0.3 is 10.5 Å². The van der Waals surface area contributed by atoms with E-state index in [4.69, 9.17) is 10.5 Å². The lowest BCUT2D eigenvalue weighted by Crippen LogP contribution is -2.07. The summed E-state index contributed by atoms with van der Waals surface area (Å²) in [6, 6.07) is 5.25. The van der Waals surface area contributed by atoms with E-state index in [-0.39, 0.29) is 11.8 Å². The van der Waals surface area contributed by atoms with Crippen molar-refractivity contribution < 1.29 is 9.53 Å². The first-order valence-corrected chi connectivity index (χ1v) is 4.19. The number of ether oxygens (including phenoxy) is 1. The van der Waals surface area contributed by atoms with Crippen LogP contribution in [0.1, 0.15) is 28.4 Å². The third-order valence-electron chi connectivity index (χ3n) is 2.36. The monoisotopic (exact) mass is 177 g/mol. The van der Waals surface area contributed by atoms with Gasteiger partial charge in [-0.15, -0.1) is 0 Å². The molecule has 3 nitrogen and oxygen atoms in total. The molecule has 0 unspecified atom stereocenters. The Morgan fingerprint density at radius 3 is 3.00 bits per heavy atom. The second kappa shape index (κ2) is 2.85. The van der Waals surface area contributed by atoms with Crippen LogP contribution in [0.4, 0.5) is 0 Å². The molecule has 0 bridgehead atoms. The highest BCUT2D eigenvalue weighted by Crippen LogP contribution is 2.35. The van der Waals surface area contributed by atoms with E-state index in [1.807, 2.05) is 12.1 Å². The van der Waals surface area contributed by atoms with Gasteiger partial charge in [-0.3, -0.25) is 4.79 Å². The number of rotatable bonds is 1. The number of methoxy groups -OCH3 is 1. The smallest absolute Gasteiger partial charge is 0.165 e. The summed E-state index contributed by atoms with van der Waals surface area (Å²) in [5.74, 6) is 0.831. The van der Waals surface area contributed by atoms with Crippen LogP contribution in [-0.2, 0) is 0 Å². The molecule has 1 aromatic carbocycles. The van der Waals surface area contributed by atoms with Crippen LogP contribution < -0.4 is 10.5 Å². The van der Waals surface area contributed by atoms with Crippen molar-refractivity contribution >= 4 is 5.78 Å². The molecule has 2 N–H and O–H groups in total. The van der Waals surface area contributed by atoms with E-state index in [0.717, 1.165) is 11.3 Å². The molecule has 0 amide bonds. The molecular weight excluding hydrogens is 166 g/mol. The fourth-order valence-electron chi connectivity index (χ4n) is 1.76. The van der Waals surface area contributed by atoms with Gasteiger partial charge >= 0.3 is 0 Å². The maximum absolute atomic E-state index is 11.4. The molecule has 2 rings (SSSR count). The maximum Gasteiger partial charge on any atom is 0.165 e. The second-order valence-corrected chi connectivity index (χ2v) is 3.16. The molecule has 0 fully saturated rings. The molecule has 1 aliphatic rings. The standard InChI is InChI=1S/C10H11NO2/c1-13-9-4-2-3-6-8(12)5-7(11)10(6)9/h2-4,7H,5,11H2,1H3/t7-/m0/s1. The molecule has 0 saturated carbocycles. The highest BCUT2D eigenvalue weighted by Gasteiger charge is 2.29. The lowest BCUT2D eigenvalue weighted by Gasteiger charge is -2.09. The minimum atomic E-state index is -0.196. The number of Topliss-reactive ketones (excluding diaryl/α,β-unsaturated/α-hetero) is 1. The number of fused-ring (bicyclic) bond motifs is 1. The highest BCUT2D eigenvalue weighted by molar-refractivity contribution is 6.01. The van der Waals surface area contributed by atoms with Crippen LogP contribution >= 0.6 is 0 Å². The average molecular weight is 177 g/mol. The molecule has 1 aromatic rings. The molecule has 0 aromatic heterocycles. The summed E-state index contributed by atoms with van der Waals surface area (Å²) in [7, 11) is 1.59. The topological polar surface area (TPSA) is 52.3 Å². The van der Waals surface area contributed by atoms with E-state index in [1.165, 1.54) is 0 Å². The van der Waals surface area contributed by atoms with Gasteiger partial charge in [-0.25, -0.2) is 0 Å². The van der Waals surface area contributed by atoms with Gasteiger partial charge in [0.25, 0.3) is 0 Å². The first-order valence-electron chi connectivity index (χ1n) is 4.19. The zero-order valence-electron chi connectivity index (χ0n) is 7.41. The third-order valence-corrected chi connectivity index (χ3v) is 2.36. The molecule has 1 atom stereocenters. The number of benzene rings is 1. The summed E-state index contributed by atoms with van der Waals surface area (Å²) in [6.45, 7) is 0. The van der Waals surface area contributed by atoms with Crippen molar-refractivity contribution in [2.24, 2.45) is 5.73 Å². The van der Waals surface area contributed by atoms with Crippen LogP contribution in [0.5, 0.6) is 5.75 Å². The third kappa shape index (κ3) is 1.12. The normalized spacial score (nSPS) is 20.2. The summed E-state index contributed by atoms with van der Waals surface area (Å²) in [5, 5.41) is 0. The number of ketones is 1. The second-order valence-electron chi connectivity index (χ2n) is 3.16. The molecule has 68 valence electrons. The Hall–Kier alpha value is -1.35. The largest absolute Gasteiger partial charge is 0.496 e. The Morgan fingerprint density at radius 1 is 1.54 bits per heavy atom. The van der Waals surface area contributed by atoms with Gasteiger partial charge in [0.2, 0.25) is 0 Å². The van der Waals surface area contributed by atoms with Crippen molar-refractivity contribution in [2.45, 2.75) is 12.5 Å². The summed E-state index contributed by atoms with van der Waals surface area (Å²) < 4.78 is 5.14. The molecule has 13 heavy (non-hydrogen) atoms. The van der Waals surface area contributed by atoms with E-state index in [9.17, 15) is 4.79 Å². The van der Waals surface area contributed by atoms with E-state index in [0.29, 0.717) is 12.0 Å². The number of carbonyl (C=O) groups is 1. The first-order chi connectivity index (χ1) is 6.24. The van der Waals surface area contributed by atoms with Crippen LogP contribution in [0.15, 0.2) is 18.2 Å². The maximum atomic E-state index is 11.4. The van der Waals surface area contributed by atoms with Gasteiger partial charge in [-0.1, -0.05) is 12.1 Å². The number of hydrogen-bond acceptors (Lipinski definition) is 3. The minimum Gasteiger partial charge on any atom is -0.496 e. The van der Waals surface area contributed by atoms with Crippen LogP contribution in [0.25, 0.3) is 0 Å². The zero-order valence-corrected chi connectivity index (χ0v) is 7.41. The Kier molecular flexibility index (Phi) is 1.81. The predicted octanol–water partition coefficient (Wildman–Crippen LogP) is 1.28. The quantitative estimate of drug-likeness (QED) is 0.703. The molecule has 0 saturated heterocycles. The average Bonchev–Trinajstić information content (AvgIpc) is 2.43. The molecule has 0 radical (unpaired) electrons. The SMILES string of the molecule is COc1cccc2c1[C@@H](N)CC2=O. The van der Waals surface area contributed by atoms with Crippen LogP contribution in [0, 0.1) is 0 Å². The van der Waals surface area contributed by atoms with Gasteiger partial charge in [0.15, 0.2) is 5.78 Å². The van der Waals surface area contributed by atoms with Crippen molar-refractivity contribution in [3.05, 3.63) is 29.3 Å². The summed E-state index contributed by atoms with van der Waals surface area (Å²) in [4.78, 5) is 11.4. The van der Waals surface area contributed by atoms with Crippen LogP contribution in [0.3, 0.4) is 0 Å². The predicted molar refractivity (Wildman–Crippen MR) is 48.9 cm³/mol. The van der Waals surface area contributed by atoms with E-state index in [1.54, 1.807) is 13.2 Å². The Balaban J connectivity index is 2.62. The van der Waals surface area contributed by atoms with E-state index in [2.05, 4.69) is 0 Å². The number of nitrogens with two attached hydrogens (primary N) is 1. The Morgan fingerprint density at radius 2 is 2.31 bits per heavy atom. The summed E-state index contributed by atoms with van der Waals surface area (Å²) in [6.07, 6.45) is 0.399. The lowest BCUT2D eigenvalue weighted by molar-refractivity contribution is 0.0989. The number of hydrogen-bond donors (Lipinski definition) is 1. The molecule has 1 aliphatic carbocycles. The van der Waals surface area contributed by atoms with Crippen molar-refractivity contribution in [3.63, 3.8) is 0 Å². The van der Waals surface area contributed by atoms with Gasteiger partial charge in [0.05, 0.1) is 7.11 Å². The summed E-state index contributed by atoms with van der Waals surface area (Å²) >= 11 is 0. The van der Waals surface area contributed by atoms with E-state index >= 15 is 0 Å². The lowest BCUT2D eigenvalue weighted by atomic mass is 10.1. The molecule has 0 spiro atoms. The van der Waals surface area contributed by atoms with Gasteiger partial charge in [-0.05, 0) is 6.07 Å². The van der Waals surface area contributed by atoms with Crippen molar-refractivity contribution in [1.82, 2.24) is 0 Å². The van der Waals surface area contributed by atoms with Crippen molar-refractivity contribution in [3.8, 4) is 5.75 Å². The number of carbonyl (C=O) groups excluding carboxylic acids is 1. The molecule has 0 aliphatic heterocycles. The molecule has 0 heterocycles. The van der Waals surface area contributed by atoms with Crippen molar-refractivity contribution in [2.75, 3.05) is 7.11 Å². The first kappa shape index (κ1) is 8.26. The highest BCUT2D eigenvalue weighted by atomic mass is 16.5. The van der Waals surface area contributed by atoms with Gasteiger partial charge in [0, 0.05) is 23.6 Å². The minimum absolute atomic E-state index is 0.112.